The van der Waals surface area contributed by atoms with E-state index in [9.17, 15) is 4.79 Å². The van der Waals surface area contributed by atoms with E-state index in [1.165, 1.54) is 0 Å². The monoisotopic (exact) mass is 215 g/mol. The Hall–Kier alpha value is -1.09. The van der Waals surface area contributed by atoms with Gasteiger partial charge in [0, 0.05) is 17.4 Å². The lowest BCUT2D eigenvalue weighted by atomic mass is 10.2. The van der Waals surface area contributed by atoms with Crippen molar-refractivity contribution in [1.29, 1.82) is 0 Å². The average Bonchev–Trinajstić information content (AvgIpc) is 2.04. The number of aromatic nitrogens is 1. The normalized spacial score (nSPS) is 9.71. The van der Waals surface area contributed by atoms with Gasteiger partial charge in [-0.15, -0.1) is 0 Å². The van der Waals surface area contributed by atoms with E-state index in [1.54, 1.807) is 24.5 Å². The van der Waals surface area contributed by atoms with E-state index < -0.39 is 0 Å². The highest BCUT2D eigenvalue weighted by molar-refractivity contribution is 6.30. The maximum atomic E-state index is 9.60. The largest absolute Gasteiger partial charge is 0.462 e. The highest BCUT2D eigenvalue weighted by Crippen LogP contribution is 2.02. The highest BCUT2D eigenvalue weighted by atomic mass is 35.5. The topological polar surface area (TPSA) is 39.2 Å². The minimum Gasteiger partial charge on any atom is -0.462 e. The molecule has 1 aromatic rings. The number of carbonyl (C=O) groups is 1. The SMILES string of the molecule is CC(C)(C)OC=O.Clc1ccncc1. The van der Waals surface area contributed by atoms with Crippen molar-refractivity contribution < 1.29 is 9.53 Å². The number of carbonyl (C=O) groups excluding carboxylic acids is 1. The van der Waals surface area contributed by atoms with Crippen molar-refractivity contribution in [1.82, 2.24) is 4.98 Å². The first-order chi connectivity index (χ1) is 6.45. The van der Waals surface area contributed by atoms with Crippen LogP contribution in [0.4, 0.5) is 0 Å². The van der Waals surface area contributed by atoms with Crippen molar-refractivity contribution in [3.63, 3.8) is 0 Å². The molecule has 4 heteroatoms. The Morgan fingerprint density at radius 1 is 1.36 bits per heavy atom. The minimum absolute atomic E-state index is 0.318. The zero-order chi connectivity index (χ0) is 11.0. The van der Waals surface area contributed by atoms with Gasteiger partial charge in [0.25, 0.3) is 6.47 Å². The second-order valence-electron chi connectivity index (χ2n) is 3.49. The van der Waals surface area contributed by atoms with E-state index in [1.807, 2.05) is 20.8 Å². The maximum absolute atomic E-state index is 9.60. The van der Waals surface area contributed by atoms with Crippen LogP contribution in [-0.2, 0) is 9.53 Å². The summed E-state index contributed by atoms with van der Waals surface area (Å²) in [4.78, 5) is 13.4. The number of pyridine rings is 1. The Morgan fingerprint density at radius 3 is 2.00 bits per heavy atom. The van der Waals surface area contributed by atoms with Crippen LogP contribution in [0.1, 0.15) is 20.8 Å². The third-order valence-electron chi connectivity index (χ3n) is 1.04. The second-order valence-corrected chi connectivity index (χ2v) is 3.93. The van der Waals surface area contributed by atoms with Crippen LogP contribution < -0.4 is 0 Å². The third-order valence-corrected chi connectivity index (χ3v) is 1.29. The lowest BCUT2D eigenvalue weighted by Gasteiger charge is -2.14. The van der Waals surface area contributed by atoms with E-state index in [0.29, 0.717) is 6.47 Å². The fraction of sp³-hybridized carbons (Fsp3) is 0.400. The quantitative estimate of drug-likeness (QED) is 0.677. The first-order valence-electron chi connectivity index (χ1n) is 4.12. The number of halogens is 1. The summed E-state index contributed by atoms with van der Waals surface area (Å²) in [6, 6.07) is 3.48. The number of hydrogen-bond acceptors (Lipinski definition) is 3. The van der Waals surface area contributed by atoms with Crippen LogP contribution in [0.15, 0.2) is 24.5 Å². The lowest BCUT2D eigenvalue weighted by molar-refractivity contribution is -0.138. The average molecular weight is 216 g/mol. The molecule has 0 atom stereocenters. The minimum atomic E-state index is -0.318. The third kappa shape index (κ3) is 9.00. The standard InChI is InChI=1S/C5H4ClN.C5H10O2/c6-5-1-3-7-4-2-5;1-5(2,3)7-4-6/h1-4H;4H,1-3H3. The summed E-state index contributed by atoms with van der Waals surface area (Å²) in [6.45, 7) is 5.92. The molecule has 0 N–H and O–H groups in total. The fourth-order valence-corrected chi connectivity index (χ4v) is 0.591. The molecule has 0 unspecified atom stereocenters. The van der Waals surface area contributed by atoms with Gasteiger partial charge in [-0.05, 0) is 32.9 Å². The summed E-state index contributed by atoms with van der Waals surface area (Å²) in [5.41, 5.74) is -0.318. The fourth-order valence-electron chi connectivity index (χ4n) is 0.478. The molecule has 0 bridgehead atoms. The molecule has 1 heterocycles. The molecule has 0 aliphatic heterocycles. The van der Waals surface area contributed by atoms with Gasteiger partial charge in [-0.25, -0.2) is 0 Å². The molecule has 0 amide bonds. The van der Waals surface area contributed by atoms with Gasteiger partial charge in [0.1, 0.15) is 5.60 Å². The van der Waals surface area contributed by atoms with Crippen LogP contribution in [-0.4, -0.2) is 17.1 Å². The molecule has 78 valence electrons. The smallest absolute Gasteiger partial charge is 0.293 e. The Bertz CT molecular complexity index is 257. The van der Waals surface area contributed by atoms with Crippen molar-refractivity contribution in [2.45, 2.75) is 26.4 Å². The summed E-state index contributed by atoms with van der Waals surface area (Å²) >= 11 is 5.50. The summed E-state index contributed by atoms with van der Waals surface area (Å²) < 4.78 is 4.55. The molecule has 1 aromatic heterocycles. The predicted molar refractivity (Wildman–Crippen MR) is 56.1 cm³/mol. The predicted octanol–water partition coefficient (Wildman–Crippen LogP) is 2.69. The van der Waals surface area contributed by atoms with Gasteiger partial charge in [0.05, 0.1) is 0 Å². The lowest BCUT2D eigenvalue weighted by Crippen LogP contribution is -2.17. The van der Waals surface area contributed by atoms with Crippen molar-refractivity contribution in [3.8, 4) is 0 Å². The van der Waals surface area contributed by atoms with Gasteiger partial charge in [-0.3, -0.25) is 9.78 Å². The van der Waals surface area contributed by atoms with Gasteiger partial charge < -0.3 is 4.74 Å². The first-order valence-corrected chi connectivity index (χ1v) is 4.50. The van der Waals surface area contributed by atoms with Gasteiger partial charge in [-0.2, -0.15) is 0 Å². The van der Waals surface area contributed by atoms with Crippen LogP contribution in [0, 0.1) is 0 Å². The van der Waals surface area contributed by atoms with Gasteiger partial charge >= 0.3 is 0 Å². The van der Waals surface area contributed by atoms with Crippen molar-refractivity contribution in [2.75, 3.05) is 0 Å². The van der Waals surface area contributed by atoms with E-state index in [2.05, 4.69) is 9.72 Å². The van der Waals surface area contributed by atoms with Gasteiger partial charge in [0.2, 0.25) is 0 Å². The van der Waals surface area contributed by atoms with E-state index in [-0.39, 0.29) is 5.60 Å². The van der Waals surface area contributed by atoms with Gasteiger partial charge in [0.15, 0.2) is 0 Å². The molecule has 1 rings (SSSR count). The molecule has 3 nitrogen and oxygen atoms in total. The molecule has 0 saturated carbocycles. The molecule has 0 saturated heterocycles. The number of nitrogens with zero attached hydrogens (tertiary/aromatic N) is 1. The number of rotatable bonds is 1. The molecule has 0 fully saturated rings. The molecular weight excluding hydrogens is 202 g/mol. The van der Waals surface area contributed by atoms with Crippen LogP contribution in [0.5, 0.6) is 0 Å². The Kier molecular flexibility index (Phi) is 5.88. The molecular formula is C10H14ClNO2. The first kappa shape index (κ1) is 12.9. The maximum Gasteiger partial charge on any atom is 0.293 e. The molecule has 14 heavy (non-hydrogen) atoms. The van der Waals surface area contributed by atoms with Crippen LogP contribution >= 0.6 is 11.6 Å². The summed E-state index contributed by atoms with van der Waals surface area (Å²) in [7, 11) is 0. The van der Waals surface area contributed by atoms with E-state index in [4.69, 9.17) is 11.6 Å². The zero-order valence-electron chi connectivity index (χ0n) is 8.53. The Labute approximate surface area is 89.1 Å². The highest BCUT2D eigenvalue weighted by Gasteiger charge is 2.07. The van der Waals surface area contributed by atoms with E-state index >= 15 is 0 Å². The molecule has 0 aliphatic rings. The number of ether oxygens (including phenoxy) is 1. The summed E-state index contributed by atoms with van der Waals surface area (Å²) in [5, 5.41) is 0.731. The van der Waals surface area contributed by atoms with Gasteiger partial charge in [-0.1, -0.05) is 11.6 Å². The zero-order valence-corrected chi connectivity index (χ0v) is 9.28. The summed E-state index contributed by atoms with van der Waals surface area (Å²) in [5.74, 6) is 0. The molecule has 0 spiro atoms. The number of hydrogen-bond donors (Lipinski definition) is 0. The summed E-state index contributed by atoms with van der Waals surface area (Å²) in [6.07, 6.45) is 3.31. The van der Waals surface area contributed by atoms with Crippen LogP contribution in [0.25, 0.3) is 0 Å². The van der Waals surface area contributed by atoms with Crippen LogP contribution in [0.2, 0.25) is 5.02 Å². The van der Waals surface area contributed by atoms with Crippen LogP contribution in [0.3, 0.4) is 0 Å². The second kappa shape index (κ2) is 6.38. The Balaban J connectivity index is 0.000000241. The van der Waals surface area contributed by atoms with Crippen molar-refractivity contribution >= 4 is 18.1 Å². The Morgan fingerprint density at radius 2 is 1.86 bits per heavy atom. The van der Waals surface area contributed by atoms with Crippen molar-refractivity contribution in [3.05, 3.63) is 29.5 Å². The van der Waals surface area contributed by atoms with Crippen molar-refractivity contribution in [2.24, 2.45) is 0 Å². The van der Waals surface area contributed by atoms with E-state index in [0.717, 1.165) is 5.02 Å². The molecule has 0 radical (unpaired) electrons. The molecule has 0 aliphatic carbocycles. The molecule has 0 aromatic carbocycles.